The van der Waals surface area contributed by atoms with Crippen molar-refractivity contribution in [2.45, 2.75) is 33.1 Å². The van der Waals surface area contributed by atoms with Gasteiger partial charge in [-0.15, -0.1) is 24.0 Å². The van der Waals surface area contributed by atoms with E-state index in [0.717, 1.165) is 19.4 Å². The minimum absolute atomic E-state index is 0. The lowest BCUT2D eigenvalue weighted by atomic mass is 10.4. The van der Waals surface area contributed by atoms with Gasteiger partial charge in [0.25, 0.3) is 0 Å². The molecule has 0 radical (unpaired) electrons. The van der Waals surface area contributed by atoms with Gasteiger partial charge in [0.05, 0.1) is 6.26 Å². The number of hydrogen-bond acceptors (Lipinski definition) is 4. The third-order valence-electron chi connectivity index (χ3n) is 3.67. The number of nitrogens with one attached hydrogen (secondary N) is 3. The monoisotopic (exact) mass is 489 g/mol. The highest BCUT2D eigenvalue weighted by atomic mass is 127. The van der Waals surface area contributed by atoms with Crippen molar-refractivity contribution in [3.8, 4) is 0 Å². The van der Waals surface area contributed by atoms with E-state index in [9.17, 15) is 13.2 Å². The summed E-state index contributed by atoms with van der Waals surface area (Å²) in [7, 11) is -3.14. The van der Waals surface area contributed by atoms with Gasteiger partial charge in [-0.3, -0.25) is 9.79 Å². The maximum Gasteiger partial charge on any atom is 0.223 e. The van der Waals surface area contributed by atoms with E-state index >= 15 is 0 Å². The maximum absolute atomic E-state index is 11.5. The molecular formula is C15H32IN5O3S. The van der Waals surface area contributed by atoms with Gasteiger partial charge in [0.2, 0.25) is 15.9 Å². The number of sulfonamides is 1. The minimum atomic E-state index is -3.14. The molecule has 10 heteroatoms. The van der Waals surface area contributed by atoms with Crippen molar-refractivity contribution in [1.29, 1.82) is 0 Å². The van der Waals surface area contributed by atoms with E-state index in [1.807, 2.05) is 13.8 Å². The van der Waals surface area contributed by atoms with Crippen molar-refractivity contribution in [2.24, 2.45) is 10.9 Å². The van der Waals surface area contributed by atoms with Gasteiger partial charge in [0.1, 0.15) is 0 Å². The summed E-state index contributed by atoms with van der Waals surface area (Å²) in [6.45, 7) is 7.20. The second-order valence-electron chi connectivity index (χ2n) is 5.86. The zero-order valence-electron chi connectivity index (χ0n) is 15.4. The van der Waals surface area contributed by atoms with Crippen molar-refractivity contribution in [1.82, 2.24) is 20.3 Å². The van der Waals surface area contributed by atoms with Crippen LogP contribution in [0.15, 0.2) is 4.99 Å². The molecule has 0 bridgehead atoms. The molecule has 0 aromatic rings. The Morgan fingerprint density at radius 1 is 1.16 bits per heavy atom. The molecular weight excluding hydrogens is 457 g/mol. The predicted octanol–water partition coefficient (Wildman–Crippen LogP) is 0.357. The highest BCUT2D eigenvalue weighted by Crippen LogP contribution is 2.28. The number of nitrogens with zero attached hydrogens (tertiary/aromatic N) is 2. The smallest absolute Gasteiger partial charge is 0.223 e. The summed E-state index contributed by atoms with van der Waals surface area (Å²) in [6.07, 6.45) is 3.90. The van der Waals surface area contributed by atoms with Crippen molar-refractivity contribution in [2.75, 3.05) is 45.5 Å². The van der Waals surface area contributed by atoms with E-state index in [4.69, 9.17) is 0 Å². The molecule has 1 saturated carbocycles. The Balaban J connectivity index is 0.00000576. The third kappa shape index (κ3) is 10.9. The summed E-state index contributed by atoms with van der Waals surface area (Å²) >= 11 is 0. The van der Waals surface area contributed by atoms with Crippen LogP contribution in [0.4, 0.5) is 0 Å². The van der Waals surface area contributed by atoms with E-state index in [0.29, 0.717) is 45.1 Å². The molecule has 0 saturated heterocycles. The standard InChI is InChI=1S/C15H31N5O3S.HI/c1-4-16-15(19-11-10-17-14(21)13-7-8-13)18-9-6-12-20(5-2)24(3,22)23;/h13H,4-12H2,1-3H3,(H,17,21)(H2,16,18,19);1H. The van der Waals surface area contributed by atoms with Gasteiger partial charge in [-0.2, -0.15) is 0 Å². The van der Waals surface area contributed by atoms with Crippen molar-refractivity contribution >= 4 is 45.9 Å². The molecule has 1 amide bonds. The number of hydrogen-bond donors (Lipinski definition) is 3. The number of amides is 1. The molecule has 0 spiro atoms. The van der Waals surface area contributed by atoms with Crippen LogP contribution >= 0.6 is 24.0 Å². The molecule has 0 aromatic heterocycles. The molecule has 1 aliphatic carbocycles. The van der Waals surface area contributed by atoms with Crippen LogP contribution in [0.25, 0.3) is 0 Å². The Bertz CT molecular complexity index is 523. The first kappa shape index (κ1) is 24.4. The van der Waals surface area contributed by atoms with Gasteiger partial charge in [-0.05, 0) is 26.2 Å². The van der Waals surface area contributed by atoms with Crippen LogP contribution in [0.2, 0.25) is 0 Å². The molecule has 0 unspecified atom stereocenters. The van der Waals surface area contributed by atoms with Gasteiger partial charge in [0, 0.05) is 45.2 Å². The summed E-state index contributed by atoms with van der Waals surface area (Å²) in [6, 6.07) is 0. The molecule has 1 aliphatic rings. The number of guanidine groups is 1. The van der Waals surface area contributed by atoms with Crippen LogP contribution in [0.3, 0.4) is 0 Å². The predicted molar refractivity (Wildman–Crippen MR) is 112 cm³/mol. The summed E-state index contributed by atoms with van der Waals surface area (Å²) in [4.78, 5) is 15.9. The van der Waals surface area contributed by atoms with E-state index in [-0.39, 0.29) is 35.8 Å². The average Bonchev–Trinajstić information content (AvgIpc) is 3.34. The number of rotatable bonds is 11. The number of carbonyl (C=O) groups is 1. The topological polar surface area (TPSA) is 103 Å². The SMILES string of the molecule is CCNC(=NCCCN(CC)S(C)(=O)=O)NCCNC(=O)C1CC1.I. The van der Waals surface area contributed by atoms with Crippen LogP contribution in [0, 0.1) is 5.92 Å². The Kier molecular flexibility index (Phi) is 12.4. The first-order valence-electron chi connectivity index (χ1n) is 8.63. The Morgan fingerprint density at radius 3 is 2.32 bits per heavy atom. The van der Waals surface area contributed by atoms with Crippen molar-refractivity contribution < 1.29 is 13.2 Å². The van der Waals surface area contributed by atoms with Gasteiger partial charge >= 0.3 is 0 Å². The first-order chi connectivity index (χ1) is 11.4. The molecule has 148 valence electrons. The largest absolute Gasteiger partial charge is 0.357 e. The highest BCUT2D eigenvalue weighted by molar-refractivity contribution is 14.0. The van der Waals surface area contributed by atoms with Gasteiger partial charge in [-0.1, -0.05) is 6.92 Å². The zero-order valence-corrected chi connectivity index (χ0v) is 18.5. The lowest BCUT2D eigenvalue weighted by Gasteiger charge is -2.17. The van der Waals surface area contributed by atoms with E-state index in [1.54, 1.807) is 0 Å². The number of carbonyl (C=O) groups excluding carboxylic acids is 1. The quantitative estimate of drug-likeness (QED) is 0.168. The van der Waals surface area contributed by atoms with Crippen molar-refractivity contribution in [3.63, 3.8) is 0 Å². The first-order valence-corrected chi connectivity index (χ1v) is 10.5. The average molecular weight is 489 g/mol. The molecule has 0 aliphatic heterocycles. The number of halogens is 1. The Hall–Kier alpha value is -0.620. The molecule has 0 heterocycles. The summed E-state index contributed by atoms with van der Waals surface area (Å²) in [5, 5.41) is 9.18. The second kappa shape index (κ2) is 12.7. The maximum atomic E-state index is 11.5. The van der Waals surface area contributed by atoms with Crippen LogP contribution in [0.1, 0.15) is 33.1 Å². The van der Waals surface area contributed by atoms with E-state index < -0.39 is 10.0 Å². The lowest BCUT2D eigenvalue weighted by molar-refractivity contribution is -0.122. The molecule has 0 aromatic carbocycles. The fourth-order valence-electron chi connectivity index (χ4n) is 2.19. The molecule has 0 atom stereocenters. The summed E-state index contributed by atoms with van der Waals surface area (Å²) in [5.41, 5.74) is 0. The van der Waals surface area contributed by atoms with Crippen molar-refractivity contribution in [3.05, 3.63) is 0 Å². The molecule has 8 nitrogen and oxygen atoms in total. The molecule has 1 rings (SSSR count). The summed E-state index contributed by atoms with van der Waals surface area (Å²) < 4.78 is 24.5. The Morgan fingerprint density at radius 2 is 1.80 bits per heavy atom. The van der Waals surface area contributed by atoms with Crippen LogP contribution in [0.5, 0.6) is 0 Å². The van der Waals surface area contributed by atoms with Gasteiger partial charge < -0.3 is 16.0 Å². The lowest BCUT2D eigenvalue weighted by Crippen LogP contribution is -2.42. The van der Waals surface area contributed by atoms with Gasteiger partial charge in [-0.25, -0.2) is 12.7 Å². The molecule has 3 N–H and O–H groups in total. The second-order valence-corrected chi connectivity index (χ2v) is 7.84. The number of aliphatic imine (C=N–C) groups is 1. The fraction of sp³-hybridized carbons (Fsp3) is 0.867. The minimum Gasteiger partial charge on any atom is -0.357 e. The molecule has 25 heavy (non-hydrogen) atoms. The van der Waals surface area contributed by atoms with Crippen LogP contribution < -0.4 is 16.0 Å². The molecule has 1 fully saturated rings. The normalized spacial score (nSPS) is 14.8. The van der Waals surface area contributed by atoms with Gasteiger partial charge in [0.15, 0.2) is 5.96 Å². The zero-order chi connectivity index (χ0) is 18.0. The van der Waals surface area contributed by atoms with E-state index in [1.165, 1.54) is 10.6 Å². The Labute approximate surface area is 168 Å². The highest BCUT2D eigenvalue weighted by Gasteiger charge is 2.28. The van der Waals surface area contributed by atoms with Crippen LogP contribution in [-0.4, -0.2) is 70.1 Å². The summed E-state index contributed by atoms with van der Waals surface area (Å²) in [5.74, 6) is 1.04. The van der Waals surface area contributed by atoms with E-state index in [2.05, 4.69) is 20.9 Å². The van der Waals surface area contributed by atoms with Crippen LogP contribution in [-0.2, 0) is 14.8 Å². The fourth-order valence-corrected chi connectivity index (χ4v) is 3.12. The third-order valence-corrected chi connectivity index (χ3v) is 5.05.